The number of ether oxygens (including phenoxy) is 1. The zero-order valence-electron chi connectivity index (χ0n) is 13.6. The maximum atomic E-state index is 12.4. The molecule has 0 aromatic carbocycles. The number of piperidine rings is 1. The van der Waals surface area contributed by atoms with Crippen molar-refractivity contribution < 1.29 is 9.53 Å². The second kappa shape index (κ2) is 8.27. The molecular formula is C16H21N5O2S. The van der Waals surface area contributed by atoms with Crippen molar-refractivity contribution in [2.45, 2.75) is 31.9 Å². The van der Waals surface area contributed by atoms with Crippen LogP contribution in [-0.2, 0) is 16.1 Å². The number of hydrogen-bond acceptors (Lipinski definition) is 7. The molecule has 1 atom stereocenters. The van der Waals surface area contributed by atoms with Crippen molar-refractivity contribution >= 4 is 22.4 Å². The zero-order valence-corrected chi connectivity index (χ0v) is 14.5. The van der Waals surface area contributed by atoms with Crippen LogP contribution < -0.4 is 5.32 Å². The molecule has 1 N–H and O–H groups in total. The predicted molar refractivity (Wildman–Crippen MR) is 91.7 cm³/mol. The molecule has 0 saturated carbocycles. The summed E-state index contributed by atoms with van der Waals surface area (Å²) in [6.07, 6.45) is 5.10. The second-order valence-corrected chi connectivity index (χ2v) is 6.78. The van der Waals surface area contributed by atoms with Crippen LogP contribution in [0, 0.1) is 0 Å². The molecule has 1 aliphatic heterocycles. The van der Waals surface area contributed by atoms with Crippen molar-refractivity contribution in [2.24, 2.45) is 0 Å². The number of amides is 1. The van der Waals surface area contributed by atoms with Crippen LogP contribution in [0.4, 0.5) is 5.13 Å². The van der Waals surface area contributed by atoms with Gasteiger partial charge in [-0.1, -0.05) is 23.8 Å². The van der Waals surface area contributed by atoms with Gasteiger partial charge in [0.1, 0.15) is 11.6 Å². The van der Waals surface area contributed by atoms with Gasteiger partial charge in [-0.05, 0) is 31.5 Å². The molecule has 1 fully saturated rings. The summed E-state index contributed by atoms with van der Waals surface area (Å²) in [5.41, 5.74) is 1.03. The van der Waals surface area contributed by atoms with E-state index in [1.165, 1.54) is 11.3 Å². The Hall–Kier alpha value is -1.90. The van der Waals surface area contributed by atoms with E-state index >= 15 is 0 Å². The highest BCUT2D eigenvalue weighted by atomic mass is 32.1. The van der Waals surface area contributed by atoms with Gasteiger partial charge in [-0.2, -0.15) is 0 Å². The Balaban J connectivity index is 1.61. The van der Waals surface area contributed by atoms with Crippen molar-refractivity contribution in [1.82, 2.24) is 20.1 Å². The van der Waals surface area contributed by atoms with Gasteiger partial charge in [0.15, 0.2) is 0 Å². The summed E-state index contributed by atoms with van der Waals surface area (Å²) >= 11 is 1.33. The Kier molecular flexibility index (Phi) is 5.84. The lowest BCUT2D eigenvalue weighted by Crippen LogP contribution is -2.39. The van der Waals surface area contributed by atoms with Gasteiger partial charge in [0.2, 0.25) is 11.0 Å². The quantitative estimate of drug-likeness (QED) is 0.863. The molecular weight excluding hydrogens is 326 g/mol. The molecule has 0 bridgehead atoms. The number of hydrogen-bond donors (Lipinski definition) is 1. The van der Waals surface area contributed by atoms with Crippen LogP contribution in [0.25, 0.3) is 0 Å². The van der Waals surface area contributed by atoms with Crippen LogP contribution in [0.1, 0.15) is 36.0 Å². The molecule has 7 nitrogen and oxygen atoms in total. The van der Waals surface area contributed by atoms with E-state index in [0.717, 1.165) is 36.5 Å². The van der Waals surface area contributed by atoms with Crippen molar-refractivity contribution in [1.29, 1.82) is 0 Å². The summed E-state index contributed by atoms with van der Waals surface area (Å²) in [5, 5.41) is 12.0. The number of pyridine rings is 1. The van der Waals surface area contributed by atoms with Crippen molar-refractivity contribution in [3.05, 3.63) is 35.1 Å². The van der Waals surface area contributed by atoms with E-state index in [9.17, 15) is 4.79 Å². The topological polar surface area (TPSA) is 80.2 Å². The number of methoxy groups -OCH3 is 1. The van der Waals surface area contributed by atoms with E-state index in [1.54, 1.807) is 13.3 Å². The second-order valence-electron chi connectivity index (χ2n) is 5.72. The van der Waals surface area contributed by atoms with E-state index in [1.807, 2.05) is 18.2 Å². The van der Waals surface area contributed by atoms with Crippen LogP contribution >= 0.6 is 11.3 Å². The number of anilines is 1. The van der Waals surface area contributed by atoms with Gasteiger partial charge in [0, 0.05) is 13.3 Å². The van der Waals surface area contributed by atoms with Gasteiger partial charge >= 0.3 is 0 Å². The first-order valence-electron chi connectivity index (χ1n) is 8.02. The number of likely N-dealkylation sites (tertiary alicyclic amines) is 1. The van der Waals surface area contributed by atoms with E-state index in [-0.39, 0.29) is 11.9 Å². The van der Waals surface area contributed by atoms with Gasteiger partial charge in [0.05, 0.1) is 18.3 Å². The number of carbonyl (C=O) groups excluding carboxylic acids is 1. The molecule has 3 heterocycles. The average molecular weight is 347 g/mol. The van der Waals surface area contributed by atoms with Crippen LogP contribution in [0.2, 0.25) is 0 Å². The Morgan fingerprint density at radius 1 is 1.42 bits per heavy atom. The monoisotopic (exact) mass is 347 g/mol. The van der Waals surface area contributed by atoms with E-state index < -0.39 is 0 Å². The van der Waals surface area contributed by atoms with E-state index in [4.69, 9.17) is 4.74 Å². The first-order valence-corrected chi connectivity index (χ1v) is 8.84. The summed E-state index contributed by atoms with van der Waals surface area (Å²) in [4.78, 5) is 19.0. The third-order valence-electron chi connectivity index (χ3n) is 3.97. The van der Waals surface area contributed by atoms with Gasteiger partial charge < -0.3 is 4.74 Å². The van der Waals surface area contributed by atoms with E-state index in [2.05, 4.69) is 25.4 Å². The molecule has 0 aliphatic carbocycles. The molecule has 0 unspecified atom stereocenters. The minimum Gasteiger partial charge on any atom is -0.377 e. The lowest BCUT2D eigenvalue weighted by Gasteiger charge is -2.34. The third kappa shape index (κ3) is 4.34. The maximum absolute atomic E-state index is 12.4. The highest BCUT2D eigenvalue weighted by Gasteiger charge is 2.26. The van der Waals surface area contributed by atoms with Gasteiger partial charge in [-0.25, -0.2) is 0 Å². The summed E-state index contributed by atoms with van der Waals surface area (Å²) < 4.78 is 5.01. The van der Waals surface area contributed by atoms with Gasteiger partial charge in [-0.15, -0.1) is 10.2 Å². The van der Waals surface area contributed by atoms with Gasteiger partial charge in [0.25, 0.3) is 0 Å². The molecule has 1 aliphatic rings. The number of nitrogens with one attached hydrogen (secondary N) is 1. The Labute approximate surface area is 145 Å². The Bertz CT molecular complexity index is 663. The minimum atomic E-state index is -0.0713. The standard InChI is InChI=1S/C16H21N5O2S/c1-23-11-15-19-20-16(24-15)18-14(22)10-21-9-5-3-7-13(21)12-6-2-4-8-17-12/h2,4,6,8,13H,3,5,7,9-11H2,1H3,(H,18,20,22)/t13-/m1/s1. The lowest BCUT2D eigenvalue weighted by atomic mass is 9.99. The van der Waals surface area contributed by atoms with Crippen LogP contribution in [-0.4, -0.2) is 46.2 Å². The molecule has 3 rings (SSSR count). The third-order valence-corrected chi connectivity index (χ3v) is 4.78. The number of rotatable bonds is 6. The fraction of sp³-hybridized carbons (Fsp3) is 0.500. The predicted octanol–water partition coefficient (Wildman–Crippen LogP) is 2.25. The minimum absolute atomic E-state index is 0.0713. The highest BCUT2D eigenvalue weighted by molar-refractivity contribution is 7.15. The molecule has 24 heavy (non-hydrogen) atoms. The molecule has 128 valence electrons. The first-order chi connectivity index (χ1) is 11.8. The summed E-state index contributed by atoms with van der Waals surface area (Å²) in [7, 11) is 1.60. The number of aromatic nitrogens is 3. The van der Waals surface area contributed by atoms with Crippen molar-refractivity contribution in [3.63, 3.8) is 0 Å². The highest BCUT2D eigenvalue weighted by Crippen LogP contribution is 2.29. The lowest BCUT2D eigenvalue weighted by molar-refractivity contribution is -0.118. The largest absolute Gasteiger partial charge is 0.377 e. The first kappa shape index (κ1) is 16.9. The normalized spacial score (nSPS) is 18.5. The van der Waals surface area contributed by atoms with Crippen LogP contribution in [0.5, 0.6) is 0 Å². The van der Waals surface area contributed by atoms with Gasteiger partial charge in [-0.3, -0.25) is 20.0 Å². The molecule has 0 spiro atoms. The summed E-state index contributed by atoms with van der Waals surface area (Å²) in [5.74, 6) is -0.0713. The molecule has 0 radical (unpaired) electrons. The van der Waals surface area contributed by atoms with Crippen molar-refractivity contribution in [2.75, 3.05) is 25.5 Å². The van der Waals surface area contributed by atoms with Crippen molar-refractivity contribution in [3.8, 4) is 0 Å². The number of carbonyl (C=O) groups is 1. The number of nitrogens with zero attached hydrogens (tertiary/aromatic N) is 4. The molecule has 2 aromatic rings. The fourth-order valence-corrected chi connectivity index (χ4v) is 3.65. The Morgan fingerprint density at radius 3 is 3.12 bits per heavy atom. The summed E-state index contributed by atoms with van der Waals surface area (Å²) in [6.45, 7) is 1.64. The maximum Gasteiger partial charge on any atom is 0.240 e. The van der Waals surface area contributed by atoms with Crippen LogP contribution in [0.3, 0.4) is 0 Å². The zero-order chi connectivity index (χ0) is 16.8. The smallest absolute Gasteiger partial charge is 0.240 e. The van der Waals surface area contributed by atoms with E-state index in [0.29, 0.717) is 18.3 Å². The fourth-order valence-electron chi connectivity index (χ4n) is 2.92. The Morgan fingerprint density at radius 2 is 2.33 bits per heavy atom. The van der Waals surface area contributed by atoms with Crippen LogP contribution in [0.15, 0.2) is 24.4 Å². The molecule has 8 heteroatoms. The average Bonchev–Trinajstić information content (AvgIpc) is 3.03. The molecule has 1 saturated heterocycles. The summed E-state index contributed by atoms with van der Waals surface area (Å²) in [6, 6.07) is 6.14. The SMILES string of the molecule is COCc1nnc(NC(=O)CN2CCCC[C@@H]2c2ccccn2)s1. The molecule has 2 aromatic heterocycles. The molecule has 1 amide bonds.